The highest BCUT2D eigenvalue weighted by Gasteiger charge is 2.21. The van der Waals surface area contributed by atoms with Crippen molar-refractivity contribution in [3.05, 3.63) is 107 Å². The molecule has 3 aromatic carbocycles. The van der Waals surface area contributed by atoms with E-state index in [0.717, 1.165) is 11.3 Å². The molecule has 0 fully saturated rings. The highest BCUT2D eigenvalue weighted by molar-refractivity contribution is 7.57. The number of aromatic nitrogens is 3. The Morgan fingerprint density at radius 3 is 2.44 bits per heavy atom. The summed E-state index contributed by atoms with van der Waals surface area (Å²) in [7, 11) is -1.91. The average Bonchev–Trinajstić information content (AvgIpc) is 3.71. The first-order valence-electron chi connectivity index (χ1n) is 15.8. The third kappa shape index (κ3) is 9.41. The van der Waals surface area contributed by atoms with Crippen LogP contribution in [0.4, 0.5) is 0 Å². The van der Waals surface area contributed by atoms with Gasteiger partial charge in [0.25, 0.3) is 0 Å². The van der Waals surface area contributed by atoms with E-state index in [1.54, 1.807) is 81.2 Å². The minimum Gasteiger partial charge on any atom is -0.493 e. The highest BCUT2D eigenvalue weighted by atomic mass is 31.2. The number of aryl methyl sites for hydroxylation is 1. The molecule has 0 aliphatic rings. The van der Waals surface area contributed by atoms with Crippen LogP contribution in [0.25, 0.3) is 23.2 Å². The average molecular weight is 704 g/mol. The molecule has 0 saturated carbocycles. The van der Waals surface area contributed by atoms with Crippen LogP contribution in [0.5, 0.6) is 23.1 Å². The van der Waals surface area contributed by atoms with Crippen molar-refractivity contribution in [3.8, 4) is 40.3 Å². The van der Waals surface area contributed by atoms with Crippen molar-refractivity contribution in [2.24, 2.45) is 0 Å². The van der Waals surface area contributed by atoms with Crippen molar-refractivity contribution in [3.63, 3.8) is 0 Å². The van der Waals surface area contributed by atoms with Crippen molar-refractivity contribution in [1.82, 2.24) is 14.8 Å². The van der Waals surface area contributed by atoms with E-state index < -0.39 is 20.2 Å². The van der Waals surface area contributed by atoms with Crippen LogP contribution < -0.4 is 18.9 Å². The van der Waals surface area contributed by atoms with Crippen LogP contribution in [0.15, 0.2) is 89.2 Å². The molecule has 0 spiro atoms. The summed E-state index contributed by atoms with van der Waals surface area (Å²) in [5.41, 5.74) is 3.42. The first-order valence-corrected chi connectivity index (χ1v) is 17.4. The molecule has 0 aliphatic heterocycles. The lowest BCUT2D eigenvalue weighted by atomic mass is 10.2. The van der Waals surface area contributed by atoms with Crippen molar-refractivity contribution in [2.75, 3.05) is 26.9 Å². The van der Waals surface area contributed by atoms with E-state index in [1.807, 2.05) is 36.4 Å². The fourth-order valence-corrected chi connectivity index (χ4v) is 6.04. The van der Waals surface area contributed by atoms with E-state index in [9.17, 15) is 9.36 Å². The predicted molar refractivity (Wildman–Crippen MR) is 185 cm³/mol. The minimum absolute atomic E-state index is 0.108. The van der Waals surface area contributed by atoms with Gasteiger partial charge in [0.2, 0.25) is 11.8 Å². The van der Waals surface area contributed by atoms with Gasteiger partial charge in [0.1, 0.15) is 30.4 Å². The summed E-state index contributed by atoms with van der Waals surface area (Å²) in [4.78, 5) is 15.4. The van der Waals surface area contributed by atoms with Crippen LogP contribution in [-0.4, -0.2) is 52.8 Å². The Hall–Kier alpha value is -5.36. The normalized spacial score (nSPS) is 11.5. The van der Waals surface area contributed by atoms with Gasteiger partial charge in [-0.25, -0.2) is 14.5 Å². The molecule has 2 aromatic heterocycles. The van der Waals surface area contributed by atoms with Gasteiger partial charge >= 0.3 is 13.6 Å². The second-order valence-electron chi connectivity index (χ2n) is 10.7. The van der Waals surface area contributed by atoms with Gasteiger partial charge in [-0.2, -0.15) is 0 Å². The van der Waals surface area contributed by atoms with Crippen molar-refractivity contribution >= 4 is 19.6 Å². The van der Waals surface area contributed by atoms with Crippen LogP contribution in [0, 0.1) is 6.92 Å². The lowest BCUT2D eigenvalue weighted by molar-refractivity contribution is -0.139. The van der Waals surface area contributed by atoms with Gasteiger partial charge in [-0.15, -0.1) is 5.10 Å². The number of benzene rings is 3. The molecule has 5 rings (SSSR count). The summed E-state index contributed by atoms with van der Waals surface area (Å²) in [6.45, 7) is 5.56. The highest BCUT2D eigenvalue weighted by Crippen LogP contribution is 2.50. The second-order valence-corrected chi connectivity index (χ2v) is 12.5. The molecule has 0 aliphatic carbocycles. The zero-order valence-corrected chi connectivity index (χ0v) is 29.0. The number of para-hydroxylation sites is 1. The summed E-state index contributed by atoms with van der Waals surface area (Å²) in [6, 6.07) is 21.8. The van der Waals surface area contributed by atoms with Gasteiger partial charge in [0.15, 0.2) is 18.1 Å². The molecular weight excluding hydrogens is 665 g/mol. The Bertz CT molecular complexity index is 1960. The molecule has 0 bridgehead atoms. The molecule has 50 heavy (non-hydrogen) atoms. The largest absolute Gasteiger partial charge is 0.493 e. The van der Waals surface area contributed by atoms with Gasteiger partial charge in [0, 0.05) is 17.6 Å². The summed E-state index contributed by atoms with van der Waals surface area (Å²) in [5.74, 6) is 2.95. The van der Waals surface area contributed by atoms with E-state index in [1.165, 1.54) is 5.82 Å². The summed E-state index contributed by atoms with van der Waals surface area (Å²) >= 11 is 0. The Balaban J connectivity index is 1.29. The maximum Gasteiger partial charge on any atom is 0.354 e. The first kappa shape index (κ1) is 35.9. The Morgan fingerprint density at radius 1 is 0.940 bits per heavy atom. The fraction of sp³-hybridized carbons (Fsp3) is 0.250. The van der Waals surface area contributed by atoms with Gasteiger partial charge in [-0.3, -0.25) is 4.57 Å². The minimum atomic E-state index is -3.45. The third-order valence-electron chi connectivity index (χ3n) is 7.09. The summed E-state index contributed by atoms with van der Waals surface area (Å²) in [6.07, 6.45) is 3.41. The lowest BCUT2D eigenvalue weighted by Gasteiger charge is -2.13. The van der Waals surface area contributed by atoms with E-state index >= 15 is 0 Å². The number of ether oxygens (including phenoxy) is 4. The molecule has 13 nitrogen and oxygen atoms in total. The number of hydrogen-bond acceptors (Lipinski definition) is 11. The van der Waals surface area contributed by atoms with Crippen LogP contribution in [-0.2, 0) is 31.6 Å². The number of oxazole rings is 1. The molecular formula is C36H38N3O10P. The molecule has 0 unspecified atom stereocenters. The van der Waals surface area contributed by atoms with Crippen molar-refractivity contribution in [1.29, 1.82) is 0 Å². The summed E-state index contributed by atoms with van der Waals surface area (Å²) in [5, 5.41) is 13.5. The molecule has 14 heteroatoms. The standard InChI is InChI=1S/C36H38N3O10P/c1-5-47-50(42,48-6-2)18-17-28-21-39(29-12-8-7-9-13-29)38-36(28)46-22-26-15-16-32(33(19-26)43-4)45-23-31-25(3)49-35(37-31)27-11-10-14-30(20-27)44-24-34(40)41/h7-21H,5-6,22-24H2,1-4H3,(H,40,41)/b18-17+. The molecule has 5 aromatic rings. The number of carboxylic acids is 1. The zero-order chi connectivity index (χ0) is 35.5. The first-order chi connectivity index (χ1) is 24.2. The fourth-order valence-electron chi connectivity index (χ4n) is 4.73. The number of aliphatic carboxylic acids is 1. The number of rotatable bonds is 18. The summed E-state index contributed by atoms with van der Waals surface area (Å²) < 4.78 is 54.6. The number of carbonyl (C=O) groups is 1. The number of nitrogens with zero attached hydrogens (tertiary/aromatic N) is 3. The Kier molecular flexibility index (Phi) is 12.1. The maximum atomic E-state index is 13.1. The van der Waals surface area contributed by atoms with E-state index in [-0.39, 0.29) is 26.4 Å². The van der Waals surface area contributed by atoms with Crippen molar-refractivity contribution < 1.29 is 46.9 Å². The quantitative estimate of drug-likeness (QED) is 0.0890. The molecule has 2 heterocycles. The van der Waals surface area contributed by atoms with Crippen LogP contribution in [0.2, 0.25) is 0 Å². The molecule has 0 saturated heterocycles. The zero-order valence-electron chi connectivity index (χ0n) is 28.1. The molecule has 0 radical (unpaired) electrons. The Labute approximate surface area is 289 Å². The third-order valence-corrected chi connectivity index (χ3v) is 8.84. The van der Waals surface area contributed by atoms with Gasteiger partial charge < -0.3 is 37.5 Å². The smallest absolute Gasteiger partial charge is 0.354 e. The topological polar surface area (TPSA) is 154 Å². The van der Waals surface area contributed by atoms with Crippen LogP contribution in [0.1, 0.15) is 36.4 Å². The number of methoxy groups -OCH3 is 1. The molecule has 0 atom stereocenters. The van der Waals surface area contributed by atoms with Crippen LogP contribution >= 0.6 is 7.60 Å². The molecule has 0 amide bonds. The van der Waals surface area contributed by atoms with Gasteiger partial charge in [-0.05, 0) is 74.9 Å². The van der Waals surface area contributed by atoms with Gasteiger partial charge in [-0.1, -0.05) is 30.3 Å². The molecule has 1 N–H and O–H groups in total. The van der Waals surface area contributed by atoms with Crippen LogP contribution in [0.3, 0.4) is 0 Å². The van der Waals surface area contributed by atoms with E-state index in [2.05, 4.69) is 10.1 Å². The molecule has 262 valence electrons. The van der Waals surface area contributed by atoms with Crippen molar-refractivity contribution in [2.45, 2.75) is 34.0 Å². The maximum absolute atomic E-state index is 13.1. The number of carboxylic acid groups (broad SMARTS) is 1. The van der Waals surface area contributed by atoms with E-state index in [4.69, 9.17) is 37.5 Å². The SMILES string of the molecule is CCOP(=O)(/C=C/c1cn(-c2ccccc2)nc1OCc1ccc(OCc2nc(-c3cccc(OCC(=O)O)c3)oc2C)c(OC)c1)OCC. The van der Waals surface area contributed by atoms with E-state index in [0.29, 0.717) is 51.6 Å². The number of hydrogen-bond donors (Lipinski definition) is 1. The monoisotopic (exact) mass is 703 g/mol. The lowest BCUT2D eigenvalue weighted by Crippen LogP contribution is -2.09. The second kappa shape index (κ2) is 16.8. The predicted octanol–water partition coefficient (Wildman–Crippen LogP) is 7.70. The van der Waals surface area contributed by atoms with Gasteiger partial charge in [0.05, 0.1) is 31.6 Å². The Morgan fingerprint density at radius 2 is 1.72 bits per heavy atom.